The van der Waals surface area contributed by atoms with Crippen LogP contribution in [0.25, 0.3) is 28.2 Å². The monoisotopic (exact) mass is 375 g/mol. The van der Waals surface area contributed by atoms with Crippen molar-refractivity contribution in [3.63, 3.8) is 0 Å². The molecule has 2 aromatic carbocycles. The second-order valence-electron chi connectivity index (χ2n) is 6.95. The van der Waals surface area contributed by atoms with Gasteiger partial charge in [0.15, 0.2) is 11.5 Å². The number of hydrogen-bond acceptors (Lipinski definition) is 5. The number of para-hydroxylation sites is 3. The van der Waals surface area contributed by atoms with Crippen molar-refractivity contribution in [1.82, 2.24) is 24.0 Å². The van der Waals surface area contributed by atoms with E-state index >= 15 is 0 Å². The second-order valence-corrected chi connectivity index (χ2v) is 6.95. The first-order valence-electron chi connectivity index (χ1n) is 9.19. The van der Waals surface area contributed by atoms with Gasteiger partial charge >= 0.3 is 5.69 Å². The zero-order valence-electron chi connectivity index (χ0n) is 15.9. The lowest BCUT2D eigenvalue weighted by Crippen LogP contribution is -2.39. The van der Waals surface area contributed by atoms with Crippen LogP contribution >= 0.6 is 0 Å². The van der Waals surface area contributed by atoms with E-state index in [1.54, 1.807) is 0 Å². The lowest BCUT2D eigenvalue weighted by atomic mass is 10.2. The number of benzene rings is 2. The average Bonchev–Trinajstić information content (AvgIpc) is 2.69. The number of hydrogen-bond donors (Lipinski definition) is 0. The molecule has 0 saturated carbocycles. The summed E-state index contributed by atoms with van der Waals surface area (Å²) in [6.07, 6.45) is 0.682. The van der Waals surface area contributed by atoms with Crippen LogP contribution in [-0.2, 0) is 6.54 Å². The van der Waals surface area contributed by atoms with Gasteiger partial charge < -0.3 is 4.90 Å². The van der Waals surface area contributed by atoms with Crippen molar-refractivity contribution in [3.8, 4) is 17.2 Å². The number of fused-ring (bicyclic) bond motifs is 2. The molecule has 0 radical (unpaired) electrons. The first kappa shape index (κ1) is 18.1. The van der Waals surface area contributed by atoms with E-state index in [9.17, 15) is 9.59 Å². The van der Waals surface area contributed by atoms with Crippen LogP contribution in [-0.4, -0.2) is 44.6 Å². The summed E-state index contributed by atoms with van der Waals surface area (Å²) in [7, 11) is 3.91. The van der Waals surface area contributed by atoms with Crippen molar-refractivity contribution < 1.29 is 0 Å². The Balaban J connectivity index is 1.99. The highest BCUT2D eigenvalue weighted by Crippen LogP contribution is 2.24. The molecule has 0 unspecified atom stereocenters. The van der Waals surface area contributed by atoms with Gasteiger partial charge in [0.2, 0.25) is 0 Å². The van der Waals surface area contributed by atoms with Crippen molar-refractivity contribution >= 4 is 11.0 Å². The van der Waals surface area contributed by atoms with Crippen LogP contribution in [0.5, 0.6) is 0 Å². The van der Waals surface area contributed by atoms with Gasteiger partial charge in [-0.25, -0.2) is 9.78 Å². The molecule has 7 heteroatoms. The normalized spacial score (nSPS) is 11.5. The van der Waals surface area contributed by atoms with Crippen molar-refractivity contribution in [2.45, 2.75) is 13.0 Å². The summed E-state index contributed by atoms with van der Waals surface area (Å²) in [6, 6.07) is 17.1. The third kappa shape index (κ3) is 3.20. The van der Waals surface area contributed by atoms with E-state index in [1.807, 2.05) is 78.2 Å². The van der Waals surface area contributed by atoms with E-state index in [1.165, 1.54) is 4.57 Å². The molecule has 2 aliphatic heterocycles. The van der Waals surface area contributed by atoms with Crippen molar-refractivity contribution in [1.29, 1.82) is 0 Å². The van der Waals surface area contributed by atoms with Crippen LogP contribution in [0.3, 0.4) is 0 Å². The lowest BCUT2D eigenvalue weighted by molar-refractivity contribution is 0.382. The Morgan fingerprint density at radius 1 is 0.929 bits per heavy atom. The molecule has 4 rings (SSSR count). The van der Waals surface area contributed by atoms with Crippen molar-refractivity contribution in [3.05, 3.63) is 75.4 Å². The van der Waals surface area contributed by atoms with Gasteiger partial charge in [-0.2, -0.15) is 4.98 Å². The Labute approximate surface area is 161 Å². The van der Waals surface area contributed by atoms with Crippen LogP contribution in [0, 0.1) is 0 Å². The van der Waals surface area contributed by atoms with Crippen LogP contribution in [0.2, 0.25) is 0 Å². The van der Waals surface area contributed by atoms with Crippen LogP contribution in [0.4, 0.5) is 0 Å². The van der Waals surface area contributed by atoms with E-state index in [2.05, 4.69) is 9.97 Å². The highest BCUT2D eigenvalue weighted by atomic mass is 16.2. The molecule has 0 saturated heterocycles. The van der Waals surface area contributed by atoms with Crippen molar-refractivity contribution in [2.24, 2.45) is 0 Å². The maximum Gasteiger partial charge on any atom is 0.352 e. The number of aromatic nitrogens is 4. The zero-order chi connectivity index (χ0) is 19.7. The zero-order valence-corrected chi connectivity index (χ0v) is 15.9. The van der Waals surface area contributed by atoms with Gasteiger partial charge in [0.05, 0.1) is 11.0 Å². The molecule has 142 valence electrons. The highest BCUT2D eigenvalue weighted by molar-refractivity contribution is 5.81. The topological polar surface area (TPSA) is 73.0 Å². The Kier molecular flexibility index (Phi) is 4.75. The molecule has 0 aromatic heterocycles. The molecule has 0 aliphatic carbocycles. The van der Waals surface area contributed by atoms with Crippen LogP contribution < -0.4 is 11.2 Å². The Hall–Kier alpha value is -3.32. The van der Waals surface area contributed by atoms with Gasteiger partial charge in [0, 0.05) is 12.2 Å². The molecule has 7 nitrogen and oxygen atoms in total. The third-order valence-corrected chi connectivity index (χ3v) is 4.66. The van der Waals surface area contributed by atoms with Gasteiger partial charge in [-0.15, -0.1) is 0 Å². The molecule has 28 heavy (non-hydrogen) atoms. The van der Waals surface area contributed by atoms with Gasteiger partial charge in [0.25, 0.3) is 5.56 Å². The smallest absolute Gasteiger partial charge is 0.309 e. The molecule has 0 amide bonds. The highest BCUT2D eigenvalue weighted by Gasteiger charge is 2.22. The summed E-state index contributed by atoms with van der Waals surface area (Å²) in [5.74, 6) is 0.281. The first-order valence-corrected chi connectivity index (χ1v) is 9.19. The Morgan fingerprint density at radius 3 is 2.39 bits per heavy atom. The third-order valence-electron chi connectivity index (χ3n) is 4.66. The number of rotatable bonds is 5. The predicted molar refractivity (Wildman–Crippen MR) is 109 cm³/mol. The summed E-state index contributed by atoms with van der Waals surface area (Å²) in [4.78, 5) is 36.5. The molecular weight excluding hydrogens is 354 g/mol. The van der Waals surface area contributed by atoms with E-state index in [-0.39, 0.29) is 11.5 Å². The minimum Gasteiger partial charge on any atom is -0.309 e. The van der Waals surface area contributed by atoms with Gasteiger partial charge in [-0.3, -0.25) is 13.9 Å². The maximum atomic E-state index is 13.1. The van der Waals surface area contributed by atoms with Gasteiger partial charge in [-0.05, 0) is 51.3 Å². The molecule has 0 atom stereocenters. The predicted octanol–water partition coefficient (Wildman–Crippen LogP) is 2.00. The molecule has 0 bridgehead atoms. The number of nitrogens with zero attached hydrogens (tertiary/aromatic N) is 5. The minimum atomic E-state index is -0.544. The Bertz CT molecular complexity index is 1210. The Morgan fingerprint density at radius 2 is 1.64 bits per heavy atom. The van der Waals surface area contributed by atoms with Crippen LogP contribution in [0.15, 0.2) is 64.2 Å². The van der Waals surface area contributed by atoms with E-state index in [0.29, 0.717) is 18.5 Å². The standard InChI is InChI=1S/C21H21N5O2/c1-24(2)13-8-14-25-20(27)18-19(23-21(25)28)26(15-9-4-3-5-10-15)17-12-7-6-11-16(17)22-18/h3-7,9-12H,8,13-14H2,1-2H3. The summed E-state index contributed by atoms with van der Waals surface area (Å²) in [5.41, 5.74) is 1.55. The molecule has 2 heterocycles. The maximum absolute atomic E-state index is 13.1. The summed E-state index contributed by atoms with van der Waals surface area (Å²) >= 11 is 0. The fourth-order valence-electron chi connectivity index (χ4n) is 3.33. The average molecular weight is 375 g/mol. The van der Waals surface area contributed by atoms with E-state index in [4.69, 9.17) is 0 Å². The first-order chi connectivity index (χ1) is 13.6. The summed E-state index contributed by atoms with van der Waals surface area (Å²) in [5, 5.41) is 0. The molecular formula is C21H21N5O2. The van der Waals surface area contributed by atoms with E-state index in [0.717, 1.165) is 17.7 Å². The molecule has 2 aliphatic rings. The van der Waals surface area contributed by atoms with Gasteiger partial charge in [-0.1, -0.05) is 30.3 Å². The molecule has 0 N–H and O–H groups in total. The lowest BCUT2D eigenvalue weighted by Gasteiger charge is -2.18. The molecule has 0 spiro atoms. The summed E-state index contributed by atoms with van der Waals surface area (Å²) < 4.78 is 3.01. The van der Waals surface area contributed by atoms with Gasteiger partial charge in [0.1, 0.15) is 0 Å². The van der Waals surface area contributed by atoms with Crippen LogP contribution in [0.1, 0.15) is 6.42 Å². The van der Waals surface area contributed by atoms with E-state index < -0.39 is 11.2 Å². The SMILES string of the molecule is CN(C)CCCn1c(=O)nc2n(-c3ccccc3)c3ccccc3nc-2c1=O. The minimum absolute atomic E-state index is 0.201. The largest absolute Gasteiger partial charge is 0.352 e. The molecule has 0 fully saturated rings. The van der Waals surface area contributed by atoms with Crippen molar-refractivity contribution in [2.75, 3.05) is 20.6 Å². The molecule has 2 aromatic rings. The second kappa shape index (κ2) is 7.36. The fourth-order valence-corrected chi connectivity index (χ4v) is 3.33. The fraction of sp³-hybridized carbons (Fsp3) is 0.238. The summed E-state index contributed by atoms with van der Waals surface area (Å²) in [6.45, 7) is 1.09. The quantitative estimate of drug-likeness (QED) is 0.499.